The van der Waals surface area contributed by atoms with Crippen molar-refractivity contribution in [2.75, 3.05) is 13.1 Å². The number of nitrogens with zero attached hydrogens (tertiary/aromatic N) is 1. The Morgan fingerprint density at radius 3 is 2.10 bits per heavy atom. The van der Waals surface area contributed by atoms with E-state index in [9.17, 15) is 9.59 Å². The Morgan fingerprint density at radius 2 is 1.48 bits per heavy atom. The first kappa shape index (κ1) is 23.4. The van der Waals surface area contributed by atoms with E-state index < -0.39 is 5.60 Å². The SMILES string of the molecule is CC(C)(C)OC(=O)NC1CCC(OC(=O)NC2CCN(Cc3ccccc3)CC2)CC1. The third kappa shape index (κ3) is 8.40. The third-order valence-electron chi connectivity index (χ3n) is 5.83. The van der Waals surface area contributed by atoms with Crippen LogP contribution in [0.5, 0.6) is 0 Å². The van der Waals surface area contributed by atoms with E-state index in [0.717, 1.165) is 58.2 Å². The summed E-state index contributed by atoms with van der Waals surface area (Å²) in [5.74, 6) is 0. The Morgan fingerprint density at radius 1 is 0.903 bits per heavy atom. The zero-order valence-electron chi connectivity index (χ0n) is 19.1. The fourth-order valence-electron chi connectivity index (χ4n) is 4.23. The van der Waals surface area contributed by atoms with Crippen LogP contribution in [0, 0.1) is 0 Å². The van der Waals surface area contributed by atoms with Crippen molar-refractivity contribution < 1.29 is 19.1 Å². The Hall–Kier alpha value is -2.28. The minimum absolute atomic E-state index is 0.0757. The highest BCUT2D eigenvalue weighted by molar-refractivity contribution is 5.68. The lowest BCUT2D eigenvalue weighted by Gasteiger charge is -2.33. The molecule has 2 amide bonds. The number of nitrogens with one attached hydrogen (secondary N) is 2. The third-order valence-corrected chi connectivity index (χ3v) is 5.83. The summed E-state index contributed by atoms with van der Waals surface area (Å²) in [6, 6.07) is 10.7. The summed E-state index contributed by atoms with van der Waals surface area (Å²) in [6.45, 7) is 8.45. The molecule has 2 aliphatic rings. The number of piperidine rings is 1. The average molecular weight is 432 g/mol. The Bertz CT molecular complexity index is 703. The van der Waals surface area contributed by atoms with E-state index in [-0.39, 0.29) is 30.4 Å². The standard InChI is InChI=1S/C24H37N3O4/c1-24(2,3)31-23(29)26-19-9-11-21(12-10-19)30-22(28)25-20-13-15-27(16-14-20)17-18-7-5-4-6-8-18/h4-8,19-21H,9-17H2,1-3H3,(H,25,28)(H,26,29). The van der Waals surface area contributed by atoms with Crippen LogP contribution in [-0.2, 0) is 16.0 Å². The van der Waals surface area contributed by atoms with Gasteiger partial charge in [-0.2, -0.15) is 0 Å². The van der Waals surface area contributed by atoms with Gasteiger partial charge in [0, 0.05) is 31.7 Å². The molecule has 1 saturated heterocycles. The van der Waals surface area contributed by atoms with Crippen LogP contribution < -0.4 is 10.6 Å². The van der Waals surface area contributed by atoms with Crippen LogP contribution in [0.2, 0.25) is 0 Å². The molecular weight excluding hydrogens is 394 g/mol. The van der Waals surface area contributed by atoms with Gasteiger partial charge in [0.15, 0.2) is 0 Å². The van der Waals surface area contributed by atoms with E-state index in [1.54, 1.807) is 0 Å². The first-order chi connectivity index (χ1) is 14.8. The summed E-state index contributed by atoms with van der Waals surface area (Å²) in [7, 11) is 0. The normalized spacial score (nSPS) is 23.1. The van der Waals surface area contributed by atoms with Gasteiger partial charge in [0.25, 0.3) is 0 Å². The van der Waals surface area contributed by atoms with Gasteiger partial charge in [-0.3, -0.25) is 4.90 Å². The maximum atomic E-state index is 12.3. The van der Waals surface area contributed by atoms with Crippen LogP contribution in [0.3, 0.4) is 0 Å². The first-order valence-electron chi connectivity index (χ1n) is 11.5. The molecular formula is C24H37N3O4. The number of benzene rings is 1. The van der Waals surface area contributed by atoms with Crippen molar-refractivity contribution >= 4 is 12.2 Å². The lowest BCUT2D eigenvalue weighted by atomic mass is 9.93. The Kier molecular flexibility index (Phi) is 8.18. The van der Waals surface area contributed by atoms with E-state index in [1.807, 2.05) is 26.8 Å². The maximum Gasteiger partial charge on any atom is 0.407 e. The quantitative estimate of drug-likeness (QED) is 0.730. The lowest BCUT2D eigenvalue weighted by Crippen LogP contribution is -2.46. The highest BCUT2D eigenvalue weighted by Gasteiger charge is 2.28. The number of rotatable bonds is 5. The fraction of sp³-hybridized carbons (Fsp3) is 0.667. The zero-order valence-corrected chi connectivity index (χ0v) is 19.1. The second kappa shape index (κ2) is 10.8. The molecule has 3 rings (SSSR count). The molecule has 7 nitrogen and oxygen atoms in total. The molecule has 172 valence electrons. The second-order valence-electron chi connectivity index (χ2n) is 9.71. The summed E-state index contributed by atoms with van der Waals surface area (Å²) in [6.07, 6.45) is 4.17. The molecule has 1 aliphatic heterocycles. The van der Waals surface area contributed by atoms with E-state index in [2.05, 4.69) is 39.8 Å². The van der Waals surface area contributed by atoms with Gasteiger partial charge in [0.1, 0.15) is 11.7 Å². The molecule has 2 fully saturated rings. The van der Waals surface area contributed by atoms with E-state index in [4.69, 9.17) is 9.47 Å². The number of amides is 2. The molecule has 1 aromatic rings. The molecule has 0 spiro atoms. The largest absolute Gasteiger partial charge is 0.446 e. The van der Waals surface area contributed by atoms with Gasteiger partial charge in [-0.05, 0) is 64.9 Å². The van der Waals surface area contributed by atoms with Crippen LogP contribution in [0.4, 0.5) is 9.59 Å². The van der Waals surface area contributed by atoms with Crippen molar-refractivity contribution in [1.82, 2.24) is 15.5 Å². The predicted octanol–water partition coefficient (Wildman–Crippen LogP) is 4.21. The highest BCUT2D eigenvalue weighted by atomic mass is 16.6. The molecule has 1 aromatic carbocycles. The number of hydrogen-bond donors (Lipinski definition) is 2. The van der Waals surface area contributed by atoms with Gasteiger partial charge >= 0.3 is 12.2 Å². The van der Waals surface area contributed by atoms with Crippen molar-refractivity contribution in [3.05, 3.63) is 35.9 Å². The van der Waals surface area contributed by atoms with Crippen molar-refractivity contribution in [1.29, 1.82) is 0 Å². The van der Waals surface area contributed by atoms with Crippen LogP contribution in [0.1, 0.15) is 64.9 Å². The van der Waals surface area contributed by atoms with Gasteiger partial charge in [-0.25, -0.2) is 9.59 Å². The molecule has 2 N–H and O–H groups in total. The Labute approximate surface area is 185 Å². The Balaban J connectivity index is 1.30. The van der Waals surface area contributed by atoms with Crippen molar-refractivity contribution in [3.63, 3.8) is 0 Å². The van der Waals surface area contributed by atoms with E-state index in [1.165, 1.54) is 5.56 Å². The summed E-state index contributed by atoms with van der Waals surface area (Å²) >= 11 is 0. The molecule has 31 heavy (non-hydrogen) atoms. The van der Waals surface area contributed by atoms with E-state index >= 15 is 0 Å². The fourth-order valence-corrected chi connectivity index (χ4v) is 4.23. The van der Waals surface area contributed by atoms with Crippen LogP contribution >= 0.6 is 0 Å². The van der Waals surface area contributed by atoms with Gasteiger partial charge in [-0.15, -0.1) is 0 Å². The summed E-state index contributed by atoms with van der Waals surface area (Å²) in [5.41, 5.74) is 0.824. The zero-order chi connectivity index (χ0) is 22.3. The first-order valence-corrected chi connectivity index (χ1v) is 11.5. The van der Waals surface area contributed by atoms with Crippen LogP contribution in [0.25, 0.3) is 0 Å². The van der Waals surface area contributed by atoms with Crippen LogP contribution in [-0.4, -0.2) is 54.0 Å². The van der Waals surface area contributed by atoms with Gasteiger partial charge in [0.05, 0.1) is 0 Å². The molecule has 1 heterocycles. The average Bonchev–Trinajstić information content (AvgIpc) is 2.70. The molecule has 0 aromatic heterocycles. The van der Waals surface area contributed by atoms with Crippen LogP contribution in [0.15, 0.2) is 30.3 Å². The smallest absolute Gasteiger partial charge is 0.407 e. The minimum Gasteiger partial charge on any atom is -0.446 e. The second-order valence-corrected chi connectivity index (χ2v) is 9.71. The predicted molar refractivity (Wildman–Crippen MR) is 120 cm³/mol. The number of carbonyl (C=O) groups excluding carboxylic acids is 2. The van der Waals surface area contributed by atoms with E-state index in [0.29, 0.717) is 0 Å². The molecule has 1 aliphatic carbocycles. The summed E-state index contributed by atoms with van der Waals surface area (Å²) in [4.78, 5) is 26.7. The monoisotopic (exact) mass is 431 g/mol. The molecule has 0 radical (unpaired) electrons. The van der Waals surface area contributed by atoms with Gasteiger partial charge < -0.3 is 20.1 Å². The molecule has 0 atom stereocenters. The topological polar surface area (TPSA) is 79.9 Å². The number of likely N-dealkylation sites (tertiary alicyclic amines) is 1. The molecule has 0 unspecified atom stereocenters. The number of carbonyl (C=O) groups is 2. The van der Waals surface area contributed by atoms with Gasteiger partial charge in [0.2, 0.25) is 0 Å². The van der Waals surface area contributed by atoms with Crippen molar-refractivity contribution in [3.8, 4) is 0 Å². The number of alkyl carbamates (subject to hydrolysis) is 2. The number of hydrogen-bond acceptors (Lipinski definition) is 5. The lowest BCUT2D eigenvalue weighted by molar-refractivity contribution is 0.0416. The summed E-state index contributed by atoms with van der Waals surface area (Å²) < 4.78 is 11.0. The van der Waals surface area contributed by atoms with Crippen molar-refractivity contribution in [2.45, 2.75) is 89.6 Å². The highest BCUT2D eigenvalue weighted by Crippen LogP contribution is 2.22. The molecule has 1 saturated carbocycles. The maximum absolute atomic E-state index is 12.3. The summed E-state index contributed by atoms with van der Waals surface area (Å²) in [5, 5.41) is 5.96. The molecule has 0 bridgehead atoms. The number of ether oxygens (including phenoxy) is 2. The van der Waals surface area contributed by atoms with Crippen molar-refractivity contribution in [2.24, 2.45) is 0 Å². The molecule has 7 heteroatoms. The minimum atomic E-state index is -0.500. The van der Waals surface area contributed by atoms with Gasteiger partial charge in [-0.1, -0.05) is 30.3 Å².